The highest BCUT2D eigenvalue weighted by Gasteiger charge is 2.16. The zero-order valence-electron chi connectivity index (χ0n) is 29.4. The second kappa shape index (κ2) is 36.3. The van der Waals surface area contributed by atoms with E-state index in [2.05, 4.69) is 62.5 Å². The number of esters is 2. The average Bonchev–Trinajstić information content (AvgIpc) is 3.04. The third kappa shape index (κ3) is 34.6. The maximum atomic E-state index is 12.1. The molecule has 0 aromatic carbocycles. The van der Waals surface area contributed by atoms with Crippen LogP contribution in [0.1, 0.15) is 174 Å². The van der Waals surface area contributed by atoms with Gasteiger partial charge in [-0.05, 0) is 70.6 Å². The summed E-state index contributed by atoms with van der Waals surface area (Å²) in [5, 5.41) is 9.53. The predicted octanol–water partition coefficient (Wildman–Crippen LogP) is 11.5. The number of aliphatic hydroxyl groups excluding tert-OH is 1. The number of carbonyl (C=O) groups excluding carboxylic acids is 2. The SMILES string of the molecule is CCC/C=C\C/C=C\CCCCCCCC(=O)OCC(CO)OC(=O)CCCCCCCCC/C=C\C/C=C\CCCCCC. The fourth-order valence-corrected chi connectivity index (χ4v) is 4.97. The van der Waals surface area contributed by atoms with Gasteiger partial charge in [-0.3, -0.25) is 9.59 Å². The van der Waals surface area contributed by atoms with Gasteiger partial charge in [-0.25, -0.2) is 0 Å². The molecule has 1 N–H and O–H groups in total. The van der Waals surface area contributed by atoms with Crippen molar-refractivity contribution in [1.82, 2.24) is 0 Å². The van der Waals surface area contributed by atoms with Crippen LogP contribution in [0.4, 0.5) is 0 Å². The Morgan fingerprint density at radius 1 is 0.511 bits per heavy atom. The van der Waals surface area contributed by atoms with Crippen LogP contribution in [0.2, 0.25) is 0 Å². The molecule has 0 aliphatic rings. The smallest absolute Gasteiger partial charge is 0.306 e. The molecule has 0 aromatic heterocycles. The summed E-state index contributed by atoms with van der Waals surface area (Å²) in [6.07, 6.45) is 44.5. The molecule has 0 aromatic rings. The van der Waals surface area contributed by atoms with Crippen molar-refractivity contribution >= 4 is 11.9 Å². The van der Waals surface area contributed by atoms with Gasteiger partial charge in [0.1, 0.15) is 6.61 Å². The first-order valence-corrected chi connectivity index (χ1v) is 18.7. The maximum Gasteiger partial charge on any atom is 0.306 e. The van der Waals surface area contributed by atoms with Gasteiger partial charge in [-0.15, -0.1) is 0 Å². The molecule has 260 valence electrons. The Morgan fingerprint density at radius 3 is 1.40 bits per heavy atom. The van der Waals surface area contributed by atoms with Crippen LogP contribution >= 0.6 is 0 Å². The lowest BCUT2D eigenvalue weighted by atomic mass is 10.1. The first kappa shape index (κ1) is 42.9. The Hall–Kier alpha value is -2.14. The van der Waals surface area contributed by atoms with Gasteiger partial charge in [-0.1, -0.05) is 140 Å². The lowest BCUT2D eigenvalue weighted by molar-refractivity contribution is -0.161. The van der Waals surface area contributed by atoms with E-state index in [0.717, 1.165) is 70.6 Å². The van der Waals surface area contributed by atoms with Gasteiger partial charge in [0, 0.05) is 12.8 Å². The number of carbonyl (C=O) groups is 2. The van der Waals surface area contributed by atoms with Crippen molar-refractivity contribution in [1.29, 1.82) is 0 Å². The van der Waals surface area contributed by atoms with Crippen molar-refractivity contribution in [3.63, 3.8) is 0 Å². The van der Waals surface area contributed by atoms with E-state index in [1.807, 2.05) is 0 Å². The first-order valence-electron chi connectivity index (χ1n) is 18.7. The molecule has 0 rings (SSSR count). The fraction of sp³-hybridized carbons (Fsp3) is 0.750. The minimum atomic E-state index is -0.780. The summed E-state index contributed by atoms with van der Waals surface area (Å²) in [5.74, 6) is -0.619. The van der Waals surface area contributed by atoms with E-state index >= 15 is 0 Å². The van der Waals surface area contributed by atoms with Gasteiger partial charge < -0.3 is 14.6 Å². The van der Waals surface area contributed by atoms with E-state index in [1.165, 1.54) is 77.0 Å². The molecule has 1 atom stereocenters. The Bertz CT molecular complexity index is 767. The molecule has 0 heterocycles. The molecule has 0 saturated heterocycles. The Labute approximate surface area is 278 Å². The number of hydrogen-bond donors (Lipinski definition) is 1. The largest absolute Gasteiger partial charge is 0.462 e. The van der Waals surface area contributed by atoms with Crippen molar-refractivity contribution in [3.8, 4) is 0 Å². The molecule has 5 heteroatoms. The summed E-state index contributed by atoms with van der Waals surface area (Å²) in [7, 11) is 0. The summed E-state index contributed by atoms with van der Waals surface area (Å²) < 4.78 is 10.6. The zero-order chi connectivity index (χ0) is 32.9. The molecule has 5 nitrogen and oxygen atoms in total. The normalized spacial score (nSPS) is 12.7. The summed E-state index contributed by atoms with van der Waals surface area (Å²) in [6, 6.07) is 0. The molecule has 45 heavy (non-hydrogen) atoms. The molecule has 1 unspecified atom stereocenters. The molecular formula is C40H70O5. The standard InChI is InChI=1S/C40H70O5/c1-3-5-7-9-11-13-15-17-18-19-20-21-23-25-27-29-31-33-35-40(43)45-38(36-41)37-44-39(42)34-32-30-28-26-24-22-16-14-12-10-8-6-4-2/h8,10,13-16,18-19,38,41H,3-7,9,11-12,17,20-37H2,1-2H3/b10-8-,15-13-,16-14-,19-18-. The molecule has 0 saturated carbocycles. The highest BCUT2D eigenvalue weighted by atomic mass is 16.6. The predicted molar refractivity (Wildman–Crippen MR) is 191 cm³/mol. The number of rotatable bonds is 33. The third-order valence-electron chi connectivity index (χ3n) is 7.83. The quantitative estimate of drug-likeness (QED) is 0.0444. The Kier molecular flexibility index (Phi) is 34.6. The first-order chi connectivity index (χ1) is 22.1. The Balaban J connectivity index is 3.60. The molecule has 0 radical (unpaired) electrons. The van der Waals surface area contributed by atoms with Crippen LogP contribution in [0.25, 0.3) is 0 Å². The molecule has 0 fully saturated rings. The van der Waals surface area contributed by atoms with Crippen molar-refractivity contribution in [2.24, 2.45) is 0 Å². The second-order valence-electron chi connectivity index (χ2n) is 12.3. The van der Waals surface area contributed by atoms with Crippen LogP contribution in [0, 0.1) is 0 Å². The lowest BCUT2D eigenvalue weighted by Crippen LogP contribution is -2.28. The van der Waals surface area contributed by atoms with Gasteiger partial charge in [-0.2, -0.15) is 0 Å². The molecule has 0 spiro atoms. The molecule has 0 amide bonds. The maximum absolute atomic E-state index is 12.1. The Morgan fingerprint density at radius 2 is 0.933 bits per heavy atom. The third-order valence-corrected chi connectivity index (χ3v) is 7.83. The summed E-state index contributed by atoms with van der Waals surface area (Å²) in [4.78, 5) is 24.2. The summed E-state index contributed by atoms with van der Waals surface area (Å²) in [6.45, 7) is 4.03. The van der Waals surface area contributed by atoms with E-state index in [-0.39, 0.29) is 25.2 Å². The number of ether oxygens (including phenoxy) is 2. The van der Waals surface area contributed by atoms with E-state index in [9.17, 15) is 14.7 Å². The number of unbranched alkanes of at least 4 members (excludes halogenated alkanes) is 17. The summed E-state index contributed by atoms with van der Waals surface area (Å²) in [5.41, 5.74) is 0. The van der Waals surface area contributed by atoms with E-state index in [0.29, 0.717) is 12.8 Å². The average molecular weight is 631 g/mol. The van der Waals surface area contributed by atoms with Crippen LogP contribution < -0.4 is 0 Å². The molecule has 0 aliphatic carbocycles. The van der Waals surface area contributed by atoms with Gasteiger partial charge in [0.15, 0.2) is 6.10 Å². The second-order valence-corrected chi connectivity index (χ2v) is 12.3. The minimum Gasteiger partial charge on any atom is -0.462 e. The fourth-order valence-electron chi connectivity index (χ4n) is 4.97. The van der Waals surface area contributed by atoms with Gasteiger partial charge in [0.25, 0.3) is 0 Å². The van der Waals surface area contributed by atoms with E-state index < -0.39 is 6.10 Å². The van der Waals surface area contributed by atoms with E-state index in [1.54, 1.807) is 0 Å². The minimum absolute atomic E-state index is 0.0773. The number of hydrogen-bond acceptors (Lipinski definition) is 5. The lowest BCUT2D eigenvalue weighted by Gasteiger charge is -2.15. The van der Waals surface area contributed by atoms with Gasteiger partial charge in [0.05, 0.1) is 6.61 Å². The summed E-state index contributed by atoms with van der Waals surface area (Å²) >= 11 is 0. The van der Waals surface area contributed by atoms with Crippen LogP contribution in [0.3, 0.4) is 0 Å². The van der Waals surface area contributed by atoms with Gasteiger partial charge >= 0.3 is 11.9 Å². The number of allylic oxidation sites excluding steroid dienone is 8. The molecule has 0 bridgehead atoms. The molecular weight excluding hydrogens is 560 g/mol. The van der Waals surface area contributed by atoms with Crippen LogP contribution in [0.15, 0.2) is 48.6 Å². The zero-order valence-corrected chi connectivity index (χ0v) is 29.4. The monoisotopic (exact) mass is 631 g/mol. The van der Waals surface area contributed by atoms with E-state index in [4.69, 9.17) is 9.47 Å². The molecule has 0 aliphatic heterocycles. The van der Waals surface area contributed by atoms with Crippen molar-refractivity contribution in [2.75, 3.05) is 13.2 Å². The topological polar surface area (TPSA) is 72.8 Å². The van der Waals surface area contributed by atoms with Crippen molar-refractivity contribution in [3.05, 3.63) is 48.6 Å². The van der Waals surface area contributed by atoms with Crippen LogP contribution in [-0.4, -0.2) is 36.4 Å². The van der Waals surface area contributed by atoms with Crippen molar-refractivity contribution < 1.29 is 24.2 Å². The van der Waals surface area contributed by atoms with Crippen LogP contribution in [0.5, 0.6) is 0 Å². The van der Waals surface area contributed by atoms with Crippen molar-refractivity contribution in [2.45, 2.75) is 180 Å². The highest BCUT2D eigenvalue weighted by Crippen LogP contribution is 2.12. The van der Waals surface area contributed by atoms with Gasteiger partial charge in [0.2, 0.25) is 0 Å². The highest BCUT2D eigenvalue weighted by molar-refractivity contribution is 5.70. The number of aliphatic hydroxyl groups is 1. The van der Waals surface area contributed by atoms with Crippen LogP contribution in [-0.2, 0) is 19.1 Å².